The highest BCUT2D eigenvalue weighted by atomic mass is 16.5. The maximum Gasteiger partial charge on any atom is 0.239 e. The van der Waals surface area contributed by atoms with Gasteiger partial charge in [0, 0.05) is 30.3 Å². The molecular formula is C20H22N2O3. The number of anilines is 1. The van der Waals surface area contributed by atoms with Gasteiger partial charge in [-0.2, -0.15) is 0 Å². The number of ether oxygens (including phenoxy) is 1. The normalized spacial score (nSPS) is 16.4. The highest BCUT2D eigenvalue weighted by Crippen LogP contribution is 2.19. The van der Waals surface area contributed by atoms with Crippen LogP contribution in [-0.4, -0.2) is 32.2 Å². The van der Waals surface area contributed by atoms with Gasteiger partial charge >= 0.3 is 0 Å². The van der Waals surface area contributed by atoms with Crippen LogP contribution in [-0.2, 0) is 16.1 Å². The van der Waals surface area contributed by atoms with Crippen molar-refractivity contribution in [1.29, 1.82) is 0 Å². The zero-order chi connectivity index (χ0) is 17.5. The first-order chi connectivity index (χ1) is 12.2. The lowest BCUT2D eigenvalue weighted by Gasteiger charge is -2.24. The molecule has 5 heteroatoms. The summed E-state index contributed by atoms with van der Waals surface area (Å²) in [6, 6.07) is 11.3. The molecule has 0 spiro atoms. The van der Waals surface area contributed by atoms with Crippen molar-refractivity contribution in [3.63, 3.8) is 0 Å². The van der Waals surface area contributed by atoms with Crippen LogP contribution in [0.4, 0.5) is 5.69 Å². The van der Waals surface area contributed by atoms with Gasteiger partial charge in [0.15, 0.2) is 0 Å². The highest BCUT2D eigenvalue weighted by Gasteiger charge is 2.18. The average Bonchev–Trinajstić information content (AvgIpc) is 3.33. The lowest BCUT2D eigenvalue weighted by atomic mass is 10.1. The summed E-state index contributed by atoms with van der Waals surface area (Å²) in [5, 5.41) is 3.00. The van der Waals surface area contributed by atoms with Gasteiger partial charge in [-0.25, -0.2) is 0 Å². The molecule has 130 valence electrons. The maximum absolute atomic E-state index is 12.4. The van der Waals surface area contributed by atoms with Gasteiger partial charge < -0.3 is 19.4 Å². The third-order valence-electron chi connectivity index (χ3n) is 4.25. The summed E-state index contributed by atoms with van der Waals surface area (Å²) in [5.74, 6) is 3.81. The van der Waals surface area contributed by atoms with Crippen LogP contribution in [0.25, 0.3) is 0 Å². The molecule has 2 aromatic rings. The van der Waals surface area contributed by atoms with Crippen molar-refractivity contribution >= 4 is 11.6 Å². The van der Waals surface area contributed by atoms with E-state index in [0.29, 0.717) is 19.0 Å². The van der Waals surface area contributed by atoms with Crippen LogP contribution in [0.3, 0.4) is 0 Å². The van der Waals surface area contributed by atoms with Gasteiger partial charge in [0.25, 0.3) is 0 Å². The molecule has 0 aliphatic carbocycles. The second-order valence-electron chi connectivity index (χ2n) is 6.16. The topological polar surface area (TPSA) is 54.7 Å². The molecule has 2 heterocycles. The Morgan fingerprint density at radius 3 is 3.00 bits per heavy atom. The fraction of sp³-hybridized carbons (Fsp3) is 0.350. The summed E-state index contributed by atoms with van der Waals surface area (Å²) in [6.07, 6.45) is 8.13. The number of amides is 1. The van der Waals surface area contributed by atoms with E-state index in [1.807, 2.05) is 41.3 Å². The average molecular weight is 338 g/mol. The number of hydrogen-bond acceptors (Lipinski definition) is 4. The third-order valence-corrected chi connectivity index (χ3v) is 4.25. The van der Waals surface area contributed by atoms with Crippen LogP contribution < -0.4 is 10.2 Å². The van der Waals surface area contributed by atoms with E-state index in [-0.39, 0.29) is 12.5 Å². The number of furan rings is 1. The quantitative estimate of drug-likeness (QED) is 0.788. The minimum atomic E-state index is -0.0235. The molecule has 1 aliphatic heterocycles. The van der Waals surface area contributed by atoms with E-state index < -0.39 is 0 Å². The molecule has 0 unspecified atom stereocenters. The molecule has 1 saturated heterocycles. The maximum atomic E-state index is 12.4. The van der Waals surface area contributed by atoms with E-state index in [4.69, 9.17) is 15.6 Å². The van der Waals surface area contributed by atoms with E-state index in [1.165, 1.54) is 0 Å². The summed E-state index contributed by atoms with van der Waals surface area (Å²) in [5.41, 5.74) is 1.68. The van der Waals surface area contributed by atoms with Crippen LogP contribution in [0.15, 0.2) is 47.1 Å². The van der Waals surface area contributed by atoms with E-state index in [0.717, 1.165) is 36.6 Å². The van der Waals surface area contributed by atoms with Gasteiger partial charge in [0.2, 0.25) is 5.91 Å². The predicted molar refractivity (Wildman–Crippen MR) is 96.1 cm³/mol. The molecule has 25 heavy (non-hydrogen) atoms. The number of terminal acetylenes is 1. The van der Waals surface area contributed by atoms with Crippen molar-refractivity contribution in [3.05, 3.63) is 54.0 Å². The summed E-state index contributed by atoms with van der Waals surface area (Å²) < 4.78 is 10.8. The van der Waals surface area contributed by atoms with Crippen LogP contribution in [0.5, 0.6) is 0 Å². The largest absolute Gasteiger partial charge is 0.467 e. The summed E-state index contributed by atoms with van der Waals surface area (Å²) in [6.45, 7) is 2.89. The summed E-state index contributed by atoms with van der Waals surface area (Å²) in [7, 11) is 0. The van der Waals surface area contributed by atoms with Gasteiger partial charge in [-0.3, -0.25) is 4.79 Å². The highest BCUT2D eigenvalue weighted by molar-refractivity contribution is 5.81. The Morgan fingerprint density at radius 2 is 2.28 bits per heavy atom. The van der Waals surface area contributed by atoms with Crippen LogP contribution >= 0.6 is 0 Å². The van der Waals surface area contributed by atoms with Crippen molar-refractivity contribution in [3.8, 4) is 12.3 Å². The van der Waals surface area contributed by atoms with Crippen molar-refractivity contribution in [2.24, 2.45) is 5.92 Å². The molecule has 1 amide bonds. The Kier molecular flexibility index (Phi) is 5.76. The molecule has 3 rings (SSSR count). The molecule has 0 saturated carbocycles. The van der Waals surface area contributed by atoms with Gasteiger partial charge in [-0.15, -0.1) is 6.42 Å². The van der Waals surface area contributed by atoms with Crippen LogP contribution in [0.2, 0.25) is 0 Å². The first kappa shape index (κ1) is 17.1. The van der Waals surface area contributed by atoms with Crippen molar-refractivity contribution in [2.45, 2.75) is 13.0 Å². The van der Waals surface area contributed by atoms with Crippen molar-refractivity contribution in [1.82, 2.24) is 5.32 Å². The molecule has 1 atom stereocenters. The van der Waals surface area contributed by atoms with Crippen LogP contribution in [0, 0.1) is 18.3 Å². The number of benzene rings is 1. The summed E-state index contributed by atoms with van der Waals surface area (Å²) >= 11 is 0. The fourth-order valence-electron chi connectivity index (χ4n) is 2.85. The minimum Gasteiger partial charge on any atom is -0.467 e. The fourth-order valence-corrected chi connectivity index (χ4v) is 2.85. The van der Waals surface area contributed by atoms with Gasteiger partial charge in [-0.1, -0.05) is 12.0 Å². The Morgan fingerprint density at radius 1 is 1.36 bits per heavy atom. The number of rotatable bonds is 7. The third kappa shape index (κ3) is 4.88. The molecule has 1 N–H and O–H groups in total. The Hall–Kier alpha value is -2.71. The zero-order valence-corrected chi connectivity index (χ0v) is 14.1. The number of carbonyl (C=O) groups is 1. The smallest absolute Gasteiger partial charge is 0.239 e. The zero-order valence-electron chi connectivity index (χ0n) is 14.1. The second-order valence-corrected chi connectivity index (χ2v) is 6.16. The molecule has 0 radical (unpaired) electrons. The second kappa shape index (κ2) is 8.41. The molecule has 0 bridgehead atoms. The lowest BCUT2D eigenvalue weighted by molar-refractivity contribution is -0.120. The summed E-state index contributed by atoms with van der Waals surface area (Å²) in [4.78, 5) is 14.4. The monoisotopic (exact) mass is 338 g/mol. The number of hydrogen-bond donors (Lipinski definition) is 1. The van der Waals surface area contributed by atoms with E-state index in [1.54, 1.807) is 6.26 Å². The van der Waals surface area contributed by atoms with Gasteiger partial charge in [0.05, 0.1) is 26.0 Å². The standard InChI is InChI=1S/C20H22N2O3/c1-2-16-5-3-6-18(11-16)22(13-19-7-4-9-25-19)14-20(23)21-12-17-8-10-24-15-17/h1,3-7,9,11,17H,8,10,12-15H2,(H,21,23)/t17-/m0/s1. The Labute approximate surface area is 148 Å². The molecule has 1 aromatic carbocycles. The molecule has 1 aliphatic rings. The van der Waals surface area contributed by atoms with Gasteiger partial charge in [-0.05, 0) is 36.8 Å². The van der Waals surface area contributed by atoms with E-state index in [2.05, 4.69) is 11.2 Å². The molecule has 1 fully saturated rings. The predicted octanol–water partition coefficient (Wildman–Crippen LogP) is 2.42. The van der Waals surface area contributed by atoms with Gasteiger partial charge in [0.1, 0.15) is 5.76 Å². The SMILES string of the molecule is C#Cc1cccc(N(CC(=O)NC[C@@H]2CCOC2)Cc2ccco2)c1. The number of nitrogens with one attached hydrogen (secondary N) is 1. The van der Waals surface area contributed by atoms with Crippen molar-refractivity contribution in [2.75, 3.05) is 31.2 Å². The molecule has 5 nitrogen and oxygen atoms in total. The lowest BCUT2D eigenvalue weighted by Crippen LogP contribution is -2.39. The first-order valence-corrected chi connectivity index (χ1v) is 8.43. The minimum absolute atomic E-state index is 0.0235. The first-order valence-electron chi connectivity index (χ1n) is 8.43. The molecular weight excluding hydrogens is 316 g/mol. The van der Waals surface area contributed by atoms with Crippen molar-refractivity contribution < 1.29 is 13.9 Å². The van der Waals surface area contributed by atoms with E-state index in [9.17, 15) is 4.79 Å². The number of nitrogens with zero attached hydrogens (tertiary/aromatic N) is 1. The Bertz CT molecular complexity index is 728. The van der Waals surface area contributed by atoms with Crippen LogP contribution in [0.1, 0.15) is 17.7 Å². The Balaban J connectivity index is 1.67. The number of carbonyl (C=O) groups excluding carboxylic acids is 1. The molecule has 1 aromatic heterocycles. The van der Waals surface area contributed by atoms with E-state index >= 15 is 0 Å².